The fraction of sp³-hybridized carbons (Fsp3) is 0.222. The lowest BCUT2D eigenvalue weighted by molar-refractivity contribution is 0.194. The summed E-state index contributed by atoms with van der Waals surface area (Å²) < 4.78 is 0. The van der Waals surface area contributed by atoms with Crippen LogP contribution in [0.25, 0.3) is 0 Å². The van der Waals surface area contributed by atoms with Crippen LogP contribution in [0.4, 0.5) is 4.79 Å². The Morgan fingerprint density at radius 2 is 2.21 bits per heavy atom. The average Bonchev–Trinajstić information content (AvgIpc) is 2.16. The Labute approximate surface area is 86.1 Å². The highest BCUT2D eigenvalue weighted by molar-refractivity contribution is 6.31. The van der Waals surface area contributed by atoms with Crippen LogP contribution in [-0.2, 0) is 13.2 Å². The van der Waals surface area contributed by atoms with E-state index in [0.717, 1.165) is 0 Å². The van der Waals surface area contributed by atoms with Crippen LogP contribution in [-0.4, -0.2) is 16.3 Å². The van der Waals surface area contributed by atoms with Gasteiger partial charge in [0.25, 0.3) is 0 Å². The molecule has 1 aromatic rings. The van der Waals surface area contributed by atoms with Crippen LogP contribution < -0.4 is 5.32 Å². The van der Waals surface area contributed by atoms with E-state index in [0.29, 0.717) is 16.1 Å². The third-order valence-corrected chi connectivity index (χ3v) is 2.09. The van der Waals surface area contributed by atoms with Crippen molar-refractivity contribution >= 4 is 17.7 Å². The Bertz CT molecular complexity index is 341. The Morgan fingerprint density at radius 3 is 2.79 bits per heavy atom. The third kappa shape index (κ3) is 2.90. The molecule has 3 N–H and O–H groups in total. The van der Waals surface area contributed by atoms with Crippen molar-refractivity contribution in [2.24, 2.45) is 0 Å². The van der Waals surface area contributed by atoms with Gasteiger partial charge in [0.2, 0.25) is 0 Å². The summed E-state index contributed by atoms with van der Waals surface area (Å²) in [7, 11) is 0. The lowest BCUT2D eigenvalue weighted by atomic mass is 10.1. The summed E-state index contributed by atoms with van der Waals surface area (Å²) >= 11 is 5.82. The van der Waals surface area contributed by atoms with Gasteiger partial charge >= 0.3 is 6.09 Å². The molecule has 0 aliphatic heterocycles. The zero-order valence-corrected chi connectivity index (χ0v) is 8.08. The lowest BCUT2D eigenvalue weighted by Crippen LogP contribution is -2.20. The molecule has 0 bridgehead atoms. The van der Waals surface area contributed by atoms with Crippen molar-refractivity contribution < 1.29 is 15.0 Å². The standard InChI is InChI=1S/C9H10ClNO3/c10-8-2-1-6(5-12)3-7(8)4-11-9(13)14/h1-3,11-12H,4-5H2,(H,13,14). The van der Waals surface area contributed by atoms with E-state index < -0.39 is 6.09 Å². The van der Waals surface area contributed by atoms with E-state index in [9.17, 15) is 4.79 Å². The highest BCUT2D eigenvalue weighted by Gasteiger charge is 2.03. The number of aliphatic hydroxyl groups is 1. The molecule has 0 fully saturated rings. The van der Waals surface area contributed by atoms with E-state index >= 15 is 0 Å². The molecule has 14 heavy (non-hydrogen) atoms. The number of carboxylic acid groups (broad SMARTS) is 1. The van der Waals surface area contributed by atoms with E-state index in [2.05, 4.69) is 5.32 Å². The Balaban J connectivity index is 2.78. The number of halogens is 1. The number of nitrogens with one attached hydrogen (secondary N) is 1. The van der Waals surface area contributed by atoms with Crippen LogP contribution in [0, 0.1) is 0 Å². The summed E-state index contributed by atoms with van der Waals surface area (Å²) in [6, 6.07) is 4.98. The largest absolute Gasteiger partial charge is 0.465 e. The van der Waals surface area contributed by atoms with E-state index in [1.54, 1.807) is 18.2 Å². The number of aliphatic hydroxyl groups excluding tert-OH is 1. The van der Waals surface area contributed by atoms with Gasteiger partial charge in [-0.3, -0.25) is 0 Å². The molecule has 1 rings (SSSR count). The van der Waals surface area contributed by atoms with Crippen LogP contribution in [0.2, 0.25) is 5.02 Å². The van der Waals surface area contributed by atoms with Crippen LogP contribution in [0.5, 0.6) is 0 Å². The Morgan fingerprint density at radius 1 is 1.50 bits per heavy atom. The molecule has 1 amide bonds. The average molecular weight is 216 g/mol. The molecule has 0 aliphatic rings. The van der Waals surface area contributed by atoms with Crippen molar-refractivity contribution in [3.05, 3.63) is 34.3 Å². The van der Waals surface area contributed by atoms with Gasteiger partial charge in [-0.1, -0.05) is 23.7 Å². The molecular formula is C9H10ClNO3. The van der Waals surface area contributed by atoms with Crippen LogP contribution in [0.15, 0.2) is 18.2 Å². The molecule has 0 saturated heterocycles. The van der Waals surface area contributed by atoms with Gasteiger partial charge in [-0.05, 0) is 17.2 Å². The molecule has 1 aromatic carbocycles. The monoisotopic (exact) mass is 215 g/mol. The maximum atomic E-state index is 10.2. The third-order valence-electron chi connectivity index (χ3n) is 1.72. The highest BCUT2D eigenvalue weighted by atomic mass is 35.5. The summed E-state index contributed by atoms with van der Waals surface area (Å²) in [6.07, 6.45) is -1.10. The molecule has 0 aromatic heterocycles. The van der Waals surface area contributed by atoms with Gasteiger partial charge < -0.3 is 15.5 Å². The molecule has 0 spiro atoms. The van der Waals surface area contributed by atoms with Gasteiger partial charge in [0, 0.05) is 11.6 Å². The van der Waals surface area contributed by atoms with Crippen molar-refractivity contribution in [3.63, 3.8) is 0 Å². The van der Waals surface area contributed by atoms with Crippen molar-refractivity contribution in [1.29, 1.82) is 0 Å². The van der Waals surface area contributed by atoms with Crippen molar-refractivity contribution in [1.82, 2.24) is 5.32 Å². The van der Waals surface area contributed by atoms with E-state index in [-0.39, 0.29) is 13.2 Å². The van der Waals surface area contributed by atoms with Crippen LogP contribution in [0.1, 0.15) is 11.1 Å². The number of hydrogen-bond donors (Lipinski definition) is 3. The summed E-state index contributed by atoms with van der Waals surface area (Å²) in [4.78, 5) is 10.2. The van der Waals surface area contributed by atoms with Gasteiger partial charge in [0.05, 0.1) is 6.61 Å². The molecule has 0 radical (unpaired) electrons. The zero-order valence-electron chi connectivity index (χ0n) is 7.33. The Kier molecular flexibility index (Phi) is 3.73. The number of rotatable bonds is 3. The first-order valence-electron chi connectivity index (χ1n) is 3.98. The maximum absolute atomic E-state index is 10.2. The molecule has 5 heteroatoms. The predicted octanol–water partition coefficient (Wildman–Crippen LogP) is 1.60. The predicted molar refractivity (Wildman–Crippen MR) is 52.2 cm³/mol. The van der Waals surface area contributed by atoms with Crippen LogP contribution in [0.3, 0.4) is 0 Å². The number of hydrogen-bond acceptors (Lipinski definition) is 2. The fourth-order valence-corrected chi connectivity index (χ4v) is 1.22. The maximum Gasteiger partial charge on any atom is 0.404 e. The van der Waals surface area contributed by atoms with Crippen molar-refractivity contribution in [3.8, 4) is 0 Å². The number of carbonyl (C=O) groups is 1. The quantitative estimate of drug-likeness (QED) is 0.717. The fourth-order valence-electron chi connectivity index (χ4n) is 1.03. The highest BCUT2D eigenvalue weighted by Crippen LogP contribution is 2.17. The molecule has 76 valence electrons. The van der Waals surface area contributed by atoms with Gasteiger partial charge in [0.1, 0.15) is 0 Å². The number of amides is 1. The minimum absolute atomic E-state index is 0.0861. The summed E-state index contributed by atoms with van der Waals surface area (Å²) in [6.45, 7) is 0.0548. The molecule has 4 nitrogen and oxygen atoms in total. The smallest absolute Gasteiger partial charge is 0.404 e. The van der Waals surface area contributed by atoms with E-state index in [1.165, 1.54) is 0 Å². The molecule has 0 unspecified atom stereocenters. The van der Waals surface area contributed by atoms with Gasteiger partial charge in [-0.25, -0.2) is 4.79 Å². The minimum atomic E-state index is -1.10. The van der Waals surface area contributed by atoms with E-state index in [1.807, 2.05) is 0 Å². The molecule has 0 heterocycles. The first-order chi connectivity index (χ1) is 6.63. The summed E-state index contributed by atoms with van der Waals surface area (Å²) in [5, 5.41) is 19.9. The SMILES string of the molecule is O=C(O)NCc1cc(CO)ccc1Cl. The van der Waals surface area contributed by atoms with Crippen molar-refractivity contribution in [2.45, 2.75) is 13.2 Å². The first kappa shape index (κ1) is 10.8. The Hall–Kier alpha value is -1.26. The molecule has 0 atom stereocenters. The molecule has 0 aliphatic carbocycles. The summed E-state index contributed by atoms with van der Waals surface area (Å²) in [5.41, 5.74) is 1.36. The van der Waals surface area contributed by atoms with Crippen LogP contribution >= 0.6 is 11.6 Å². The van der Waals surface area contributed by atoms with Gasteiger partial charge in [0.15, 0.2) is 0 Å². The van der Waals surface area contributed by atoms with Crippen molar-refractivity contribution in [2.75, 3.05) is 0 Å². The second-order valence-electron chi connectivity index (χ2n) is 2.74. The molecule has 0 saturated carbocycles. The summed E-state index contributed by atoms with van der Waals surface area (Å²) in [5.74, 6) is 0. The van der Waals surface area contributed by atoms with E-state index in [4.69, 9.17) is 21.8 Å². The second kappa shape index (κ2) is 4.83. The minimum Gasteiger partial charge on any atom is -0.465 e. The second-order valence-corrected chi connectivity index (χ2v) is 3.15. The lowest BCUT2D eigenvalue weighted by Gasteiger charge is -2.05. The topological polar surface area (TPSA) is 69.6 Å². The molecular weight excluding hydrogens is 206 g/mol. The van der Waals surface area contributed by atoms with Gasteiger partial charge in [-0.2, -0.15) is 0 Å². The first-order valence-corrected chi connectivity index (χ1v) is 4.36. The van der Waals surface area contributed by atoms with Gasteiger partial charge in [-0.15, -0.1) is 0 Å². The number of benzene rings is 1. The normalized spacial score (nSPS) is 9.86. The zero-order chi connectivity index (χ0) is 10.6.